The summed E-state index contributed by atoms with van der Waals surface area (Å²) in [6.45, 7) is 3.04. The highest BCUT2D eigenvalue weighted by Crippen LogP contribution is 2.47. The highest BCUT2D eigenvalue weighted by molar-refractivity contribution is 7.22. The first kappa shape index (κ1) is 25.1. The zero-order chi connectivity index (χ0) is 25.6. The smallest absolute Gasteiger partial charge is 0.382 e. The monoisotopic (exact) mass is 573 g/mol. The molecule has 0 bridgehead atoms. The lowest BCUT2D eigenvalue weighted by Crippen LogP contribution is -2.44. The number of nitrogen functional groups attached to an aromatic ring is 1. The van der Waals surface area contributed by atoms with E-state index in [1.54, 1.807) is 18.2 Å². The molecule has 3 heterocycles. The van der Waals surface area contributed by atoms with E-state index in [0.717, 1.165) is 32.2 Å². The Morgan fingerprint density at radius 1 is 0.972 bits per heavy atom. The van der Waals surface area contributed by atoms with Gasteiger partial charge in [0.25, 0.3) is 0 Å². The molecule has 0 amide bonds. The second-order valence-corrected chi connectivity index (χ2v) is 10.0. The van der Waals surface area contributed by atoms with Crippen molar-refractivity contribution in [2.24, 2.45) is 0 Å². The van der Waals surface area contributed by atoms with E-state index in [4.69, 9.17) is 40.5 Å². The average Bonchev–Trinajstić information content (AvgIpc) is 3.25. The lowest BCUT2D eigenvalue weighted by molar-refractivity contribution is -0.137. The summed E-state index contributed by atoms with van der Waals surface area (Å²) in [6.07, 6.45) is -4.61. The van der Waals surface area contributed by atoms with Gasteiger partial charge >= 0.3 is 6.18 Å². The number of hydrogen-bond acceptors (Lipinski definition) is 8. The maximum absolute atomic E-state index is 13.3. The Kier molecular flexibility index (Phi) is 6.77. The predicted molar refractivity (Wildman–Crippen MR) is 139 cm³/mol. The zero-order valence-corrected chi connectivity index (χ0v) is 21.4. The van der Waals surface area contributed by atoms with Crippen LogP contribution >= 0.6 is 46.1 Å². The summed E-state index contributed by atoms with van der Waals surface area (Å²) >= 11 is 20.2. The maximum atomic E-state index is 13.3. The molecule has 36 heavy (non-hydrogen) atoms. The van der Waals surface area contributed by atoms with Crippen LogP contribution in [0.4, 0.5) is 41.4 Å². The summed E-state index contributed by atoms with van der Waals surface area (Å²) < 4.78 is 40.0. The number of nitrogens with one attached hydrogen (secondary N) is 1. The van der Waals surface area contributed by atoms with E-state index in [2.05, 4.69) is 20.3 Å². The van der Waals surface area contributed by atoms with Gasteiger partial charge in [-0.3, -0.25) is 4.90 Å². The molecule has 2 aromatic heterocycles. The first-order chi connectivity index (χ1) is 17.1. The minimum atomic E-state index is -4.61. The van der Waals surface area contributed by atoms with Gasteiger partial charge in [-0.05, 0) is 30.3 Å². The van der Waals surface area contributed by atoms with Crippen molar-refractivity contribution >= 4 is 84.8 Å². The number of alkyl halides is 3. The van der Waals surface area contributed by atoms with Crippen LogP contribution in [0.2, 0.25) is 15.1 Å². The van der Waals surface area contributed by atoms with Crippen LogP contribution < -0.4 is 20.9 Å². The van der Waals surface area contributed by atoms with Crippen LogP contribution in [0, 0.1) is 0 Å². The molecule has 0 atom stereocenters. The standard InChI is InChI=1S/C22H17Cl3F3N7S/c23-13-2-1-3-14(24)17(13)35(11-4-5-12(15(25)10-11)22(26,27)28)21-31-16-18(29)32-20(33-19(16)36-21)34-8-6-30-7-9-34/h1-5,10,30H,6-9H2,(H2,29,32,33). The molecule has 1 aliphatic rings. The van der Waals surface area contributed by atoms with Crippen LogP contribution in [0.25, 0.3) is 10.3 Å². The van der Waals surface area contributed by atoms with Crippen LogP contribution in [0.5, 0.6) is 0 Å². The quantitative estimate of drug-likeness (QED) is 0.287. The van der Waals surface area contributed by atoms with Gasteiger partial charge in [0, 0.05) is 26.2 Å². The number of aromatic nitrogens is 3. The van der Waals surface area contributed by atoms with Crippen LogP contribution in [-0.4, -0.2) is 41.1 Å². The number of rotatable bonds is 4. The van der Waals surface area contributed by atoms with Crippen molar-refractivity contribution in [1.82, 2.24) is 20.3 Å². The van der Waals surface area contributed by atoms with E-state index in [0.29, 0.717) is 27.1 Å². The largest absolute Gasteiger partial charge is 0.417 e. The Morgan fingerprint density at radius 3 is 2.31 bits per heavy atom. The number of anilines is 5. The van der Waals surface area contributed by atoms with Crippen molar-refractivity contribution in [3.05, 3.63) is 57.0 Å². The van der Waals surface area contributed by atoms with Gasteiger partial charge in [-0.2, -0.15) is 23.1 Å². The van der Waals surface area contributed by atoms with Crippen molar-refractivity contribution in [3.63, 3.8) is 0 Å². The lowest BCUT2D eigenvalue weighted by Gasteiger charge is -2.27. The molecule has 2 aromatic carbocycles. The first-order valence-corrected chi connectivity index (χ1v) is 12.6. The van der Waals surface area contributed by atoms with Gasteiger partial charge in [-0.1, -0.05) is 52.2 Å². The molecule has 7 nitrogen and oxygen atoms in total. The fourth-order valence-electron chi connectivity index (χ4n) is 3.83. The first-order valence-electron chi connectivity index (χ1n) is 10.6. The second kappa shape index (κ2) is 9.71. The molecule has 0 spiro atoms. The molecule has 5 rings (SSSR count). The number of para-hydroxylation sites is 1. The van der Waals surface area contributed by atoms with E-state index in [-0.39, 0.29) is 21.6 Å². The van der Waals surface area contributed by atoms with E-state index < -0.39 is 16.8 Å². The molecule has 0 radical (unpaired) electrons. The Bertz CT molecular complexity index is 1420. The number of nitrogens with two attached hydrogens (primary N) is 1. The zero-order valence-electron chi connectivity index (χ0n) is 18.3. The van der Waals surface area contributed by atoms with Gasteiger partial charge in [0.15, 0.2) is 15.8 Å². The molecule has 0 unspecified atom stereocenters. The van der Waals surface area contributed by atoms with Gasteiger partial charge < -0.3 is 16.0 Å². The normalized spacial score (nSPS) is 14.4. The number of hydrogen-bond donors (Lipinski definition) is 2. The van der Waals surface area contributed by atoms with E-state index >= 15 is 0 Å². The Labute approximate surface area is 222 Å². The van der Waals surface area contributed by atoms with Gasteiger partial charge in [0.05, 0.1) is 32.0 Å². The van der Waals surface area contributed by atoms with E-state index in [1.807, 2.05) is 4.90 Å². The van der Waals surface area contributed by atoms with E-state index in [1.165, 1.54) is 28.4 Å². The number of piperazine rings is 1. The predicted octanol–water partition coefficient (Wildman–Crippen LogP) is 6.53. The molecule has 4 aromatic rings. The third-order valence-corrected chi connectivity index (χ3v) is 7.39. The van der Waals surface area contributed by atoms with Crippen molar-refractivity contribution in [2.45, 2.75) is 6.18 Å². The Morgan fingerprint density at radius 2 is 1.67 bits per heavy atom. The molecule has 1 fully saturated rings. The van der Waals surface area contributed by atoms with Crippen molar-refractivity contribution in [2.75, 3.05) is 41.7 Å². The third-order valence-electron chi connectivity index (χ3n) is 5.53. The molecule has 3 N–H and O–H groups in total. The summed E-state index contributed by atoms with van der Waals surface area (Å²) in [5, 5.41) is 3.64. The van der Waals surface area contributed by atoms with Crippen molar-refractivity contribution < 1.29 is 13.2 Å². The maximum Gasteiger partial charge on any atom is 0.417 e. The number of thiazole rings is 1. The third kappa shape index (κ3) is 4.73. The topological polar surface area (TPSA) is 83.2 Å². The van der Waals surface area contributed by atoms with Gasteiger partial charge in [-0.15, -0.1) is 0 Å². The van der Waals surface area contributed by atoms with Crippen LogP contribution in [-0.2, 0) is 6.18 Å². The number of fused-ring (bicyclic) bond motifs is 1. The molecule has 1 aliphatic heterocycles. The van der Waals surface area contributed by atoms with Crippen LogP contribution in [0.3, 0.4) is 0 Å². The van der Waals surface area contributed by atoms with Crippen LogP contribution in [0.15, 0.2) is 36.4 Å². The van der Waals surface area contributed by atoms with Gasteiger partial charge in [0.1, 0.15) is 5.52 Å². The molecule has 14 heteroatoms. The van der Waals surface area contributed by atoms with Crippen LogP contribution in [0.1, 0.15) is 5.56 Å². The van der Waals surface area contributed by atoms with Gasteiger partial charge in [-0.25, -0.2) is 4.98 Å². The fourth-order valence-corrected chi connectivity index (χ4v) is 5.65. The van der Waals surface area contributed by atoms with Gasteiger partial charge in [0.2, 0.25) is 5.95 Å². The molecule has 0 saturated carbocycles. The summed E-state index contributed by atoms with van der Waals surface area (Å²) in [5.41, 5.74) is 6.24. The highest BCUT2D eigenvalue weighted by Gasteiger charge is 2.34. The number of nitrogens with zero attached hydrogens (tertiary/aromatic N) is 5. The summed E-state index contributed by atoms with van der Waals surface area (Å²) in [5.74, 6) is 0.670. The van der Waals surface area contributed by atoms with Crippen molar-refractivity contribution in [3.8, 4) is 0 Å². The molecule has 188 valence electrons. The lowest BCUT2D eigenvalue weighted by atomic mass is 10.1. The SMILES string of the molecule is Nc1nc(N2CCNCC2)nc2sc(N(c3ccc(C(F)(F)F)c(Cl)c3)c3c(Cl)cccc3Cl)nc12. The number of benzene rings is 2. The number of halogens is 6. The minimum Gasteiger partial charge on any atom is -0.382 e. The summed E-state index contributed by atoms with van der Waals surface area (Å²) in [4.78, 5) is 17.8. The summed E-state index contributed by atoms with van der Waals surface area (Å²) in [7, 11) is 0. The Hall–Kier alpha value is -2.57. The molecule has 0 aliphatic carbocycles. The second-order valence-electron chi connectivity index (χ2n) is 7.86. The molecule has 1 saturated heterocycles. The fraction of sp³-hybridized carbons (Fsp3) is 0.227. The molecular formula is C22H17Cl3F3N7S. The average molecular weight is 575 g/mol. The highest BCUT2D eigenvalue weighted by atomic mass is 35.5. The summed E-state index contributed by atoms with van der Waals surface area (Å²) in [6, 6.07) is 8.27. The molecular weight excluding hydrogens is 558 g/mol. The Balaban J connectivity index is 1.67. The minimum absolute atomic E-state index is 0.187. The van der Waals surface area contributed by atoms with Crippen molar-refractivity contribution in [1.29, 1.82) is 0 Å². The van der Waals surface area contributed by atoms with E-state index in [9.17, 15) is 13.2 Å².